The van der Waals surface area contributed by atoms with E-state index in [2.05, 4.69) is 53.6 Å². The van der Waals surface area contributed by atoms with E-state index in [0.717, 1.165) is 16.4 Å². The molecule has 1 aromatic heterocycles. The predicted molar refractivity (Wildman–Crippen MR) is 80.4 cm³/mol. The van der Waals surface area contributed by atoms with Gasteiger partial charge in [0, 0.05) is 6.42 Å². The maximum atomic E-state index is 4.35. The van der Waals surface area contributed by atoms with Crippen molar-refractivity contribution in [2.75, 3.05) is 7.05 Å². The van der Waals surface area contributed by atoms with Crippen molar-refractivity contribution in [3.63, 3.8) is 0 Å². The summed E-state index contributed by atoms with van der Waals surface area (Å²) in [6, 6.07) is 10.5. The largest absolute Gasteiger partial charge is 0.307 e. The van der Waals surface area contributed by atoms with Crippen LogP contribution in [0.25, 0.3) is 0 Å². The van der Waals surface area contributed by atoms with Crippen molar-refractivity contribution in [3.05, 3.63) is 45.9 Å². The molecule has 1 atom stereocenters. The molecule has 0 amide bonds. The zero-order chi connectivity index (χ0) is 13.7. The van der Waals surface area contributed by atoms with Crippen LogP contribution in [0.3, 0.4) is 0 Å². The predicted octanol–water partition coefficient (Wildman–Crippen LogP) is 3.44. The summed E-state index contributed by atoms with van der Waals surface area (Å²) in [7, 11) is 1.97. The highest BCUT2D eigenvalue weighted by Crippen LogP contribution is 2.25. The van der Waals surface area contributed by atoms with E-state index in [1.54, 1.807) is 11.3 Å². The number of aromatic nitrogens is 2. The molecule has 2 rings (SSSR count). The number of nitrogens with zero attached hydrogens (tertiary/aromatic N) is 2. The van der Waals surface area contributed by atoms with Crippen LogP contribution < -0.4 is 5.32 Å². The highest BCUT2D eigenvalue weighted by molar-refractivity contribution is 7.11. The van der Waals surface area contributed by atoms with Crippen LogP contribution in [-0.2, 0) is 6.42 Å². The first kappa shape index (κ1) is 14.2. The molecule has 1 unspecified atom stereocenters. The molecule has 0 saturated heterocycles. The third-order valence-electron chi connectivity index (χ3n) is 3.09. The zero-order valence-corrected chi connectivity index (χ0v) is 12.6. The fourth-order valence-electron chi connectivity index (χ4n) is 1.97. The number of hydrogen-bond acceptors (Lipinski definition) is 4. The Balaban J connectivity index is 2.12. The highest BCUT2D eigenvalue weighted by Gasteiger charge is 2.16. The van der Waals surface area contributed by atoms with Crippen molar-refractivity contribution in [3.8, 4) is 0 Å². The SMILES string of the molecule is CNC(c1ccccc1)c1nnc(CCC(C)C)s1. The number of benzene rings is 1. The zero-order valence-electron chi connectivity index (χ0n) is 11.8. The first-order chi connectivity index (χ1) is 9.20. The fourth-order valence-corrected chi connectivity index (χ4v) is 2.97. The van der Waals surface area contributed by atoms with E-state index in [0.29, 0.717) is 5.92 Å². The van der Waals surface area contributed by atoms with Gasteiger partial charge in [0.15, 0.2) is 0 Å². The lowest BCUT2D eigenvalue weighted by Gasteiger charge is -2.12. The van der Waals surface area contributed by atoms with Gasteiger partial charge in [0.25, 0.3) is 0 Å². The summed E-state index contributed by atoms with van der Waals surface area (Å²) in [5.41, 5.74) is 1.23. The van der Waals surface area contributed by atoms with Crippen molar-refractivity contribution < 1.29 is 0 Å². The normalized spacial score (nSPS) is 12.8. The quantitative estimate of drug-likeness (QED) is 0.877. The molecule has 1 heterocycles. The summed E-state index contributed by atoms with van der Waals surface area (Å²) in [6.07, 6.45) is 2.20. The summed E-state index contributed by atoms with van der Waals surface area (Å²) in [5, 5.41) is 14.2. The van der Waals surface area contributed by atoms with Crippen molar-refractivity contribution in [2.45, 2.75) is 32.7 Å². The number of nitrogens with one attached hydrogen (secondary N) is 1. The molecule has 1 aromatic carbocycles. The number of aryl methyl sites for hydroxylation is 1. The van der Waals surface area contributed by atoms with Crippen LogP contribution in [0.5, 0.6) is 0 Å². The Kier molecular flexibility index (Phi) is 5.05. The maximum Gasteiger partial charge on any atom is 0.139 e. The van der Waals surface area contributed by atoms with Gasteiger partial charge < -0.3 is 5.32 Å². The summed E-state index contributed by atoms with van der Waals surface area (Å²) in [4.78, 5) is 0. The monoisotopic (exact) mass is 275 g/mol. The minimum absolute atomic E-state index is 0.145. The molecule has 0 spiro atoms. The van der Waals surface area contributed by atoms with Crippen LogP contribution >= 0.6 is 11.3 Å². The highest BCUT2D eigenvalue weighted by atomic mass is 32.1. The van der Waals surface area contributed by atoms with Crippen LogP contribution in [0.15, 0.2) is 30.3 Å². The van der Waals surface area contributed by atoms with E-state index >= 15 is 0 Å². The molecule has 0 radical (unpaired) electrons. The van der Waals surface area contributed by atoms with Crippen molar-refractivity contribution in [1.82, 2.24) is 15.5 Å². The molecule has 0 aliphatic rings. The second-order valence-corrected chi connectivity index (χ2v) is 6.19. The second kappa shape index (κ2) is 6.78. The first-order valence-corrected chi connectivity index (χ1v) is 7.57. The van der Waals surface area contributed by atoms with Crippen LogP contribution in [0.2, 0.25) is 0 Å². The molecule has 0 bridgehead atoms. The lowest BCUT2D eigenvalue weighted by molar-refractivity contribution is 0.583. The van der Waals surface area contributed by atoms with Crippen LogP contribution in [0, 0.1) is 5.92 Å². The molecule has 0 saturated carbocycles. The van der Waals surface area contributed by atoms with Gasteiger partial charge in [-0.05, 0) is 24.9 Å². The van der Waals surface area contributed by atoms with Gasteiger partial charge >= 0.3 is 0 Å². The molecule has 3 nitrogen and oxygen atoms in total. The van der Waals surface area contributed by atoms with Crippen LogP contribution in [-0.4, -0.2) is 17.2 Å². The van der Waals surface area contributed by atoms with Gasteiger partial charge in [0.05, 0.1) is 6.04 Å². The molecule has 2 aromatic rings. The van der Waals surface area contributed by atoms with Gasteiger partial charge in [-0.25, -0.2) is 0 Å². The van der Waals surface area contributed by atoms with E-state index in [1.165, 1.54) is 12.0 Å². The van der Waals surface area contributed by atoms with Gasteiger partial charge in [-0.3, -0.25) is 0 Å². The third kappa shape index (κ3) is 3.85. The number of hydrogen-bond donors (Lipinski definition) is 1. The van der Waals surface area contributed by atoms with Crippen LogP contribution in [0.1, 0.15) is 41.9 Å². The molecular formula is C15H21N3S. The van der Waals surface area contributed by atoms with Crippen LogP contribution in [0.4, 0.5) is 0 Å². The van der Waals surface area contributed by atoms with E-state index in [4.69, 9.17) is 0 Å². The van der Waals surface area contributed by atoms with Gasteiger partial charge in [-0.2, -0.15) is 0 Å². The Hall–Kier alpha value is -1.26. The Morgan fingerprint density at radius 2 is 1.89 bits per heavy atom. The van der Waals surface area contributed by atoms with Crippen molar-refractivity contribution >= 4 is 11.3 Å². The van der Waals surface area contributed by atoms with E-state index in [1.807, 2.05) is 13.1 Å². The summed E-state index contributed by atoms with van der Waals surface area (Å²) in [5.74, 6) is 0.710. The standard InChI is InChI=1S/C15H21N3S/c1-11(2)9-10-13-17-18-15(19-13)14(16-3)12-7-5-4-6-8-12/h4-8,11,14,16H,9-10H2,1-3H3. The Morgan fingerprint density at radius 1 is 1.16 bits per heavy atom. The molecule has 0 aliphatic carbocycles. The van der Waals surface area contributed by atoms with Crippen molar-refractivity contribution in [1.29, 1.82) is 0 Å². The van der Waals surface area contributed by atoms with Gasteiger partial charge in [0.2, 0.25) is 0 Å². The minimum Gasteiger partial charge on any atom is -0.307 e. The second-order valence-electron chi connectivity index (χ2n) is 5.10. The number of rotatable bonds is 6. The van der Waals surface area contributed by atoms with Gasteiger partial charge in [-0.15, -0.1) is 10.2 Å². The third-order valence-corrected chi connectivity index (χ3v) is 4.13. The van der Waals surface area contributed by atoms with E-state index < -0.39 is 0 Å². The van der Waals surface area contributed by atoms with Crippen molar-refractivity contribution in [2.24, 2.45) is 5.92 Å². The molecule has 19 heavy (non-hydrogen) atoms. The van der Waals surface area contributed by atoms with Gasteiger partial charge in [0.1, 0.15) is 10.0 Å². The maximum absolute atomic E-state index is 4.35. The van der Waals surface area contributed by atoms with Gasteiger partial charge in [-0.1, -0.05) is 55.5 Å². The molecule has 0 fully saturated rings. The average Bonchev–Trinajstić information content (AvgIpc) is 2.87. The summed E-state index contributed by atoms with van der Waals surface area (Å²) < 4.78 is 0. The lowest BCUT2D eigenvalue weighted by Crippen LogP contribution is -2.17. The molecule has 102 valence electrons. The van der Waals surface area contributed by atoms with E-state index in [-0.39, 0.29) is 6.04 Å². The average molecular weight is 275 g/mol. The Labute approximate surface area is 119 Å². The topological polar surface area (TPSA) is 37.8 Å². The minimum atomic E-state index is 0.145. The smallest absolute Gasteiger partial charge is 0.139 e. The summed E-state index contributed by atoms with van der Waals surface area (Å²) in [6.45, 7) is 4.48. The molecular weight excluding hydrogens is 254 g/mol. The summed E-state index contributed by atoms with van der Waals surface area (Å²) >= 11 is 1.72. The fraction of sp³-hybridized carbons (Fsp3) is 0.467. The van der Waals surface area contributed by atoms with E-state index in [9.17, 15) is 0 Å². The molecule has 1 N–H and O–H groups in total. The Bertz CT molecular complexity index is 493. The lowest BCUT2D eigenvalue weighted by atomic mass is 10.1. The first-order valence-electron chi connectivity index (χ1n) is 6.75. The Morgan fingerprint density at radius 3 is 2.53 bits per heavy atom. The molecule has 4 heteroatoms. The molecule has 0 aliphatic heterocycles.